The largest absolute Gasteiger partial charge is 0.469 e. The number of rotatable bonds is 8. The summed E-state index contributed by atoms with van der Waals surface area (Å²) in [7, 11) is -2.67. The number of nitrogens with zero attached hydrogens (tertiary/aromatic N) is 4. The highest BCUT2D eigenvalue weighted by atomic mass is 35.5. The van der Waals surface area contributed by atoms with E-state index in [1.165, 1.54) is 48.2 Å². The van der Waals surface area contributed by atoms with Gasteiger partial charge in [-0.2, -0.15) is 0 Å². The van der Waals surface area contributed by atoms with Crippen molar-refractivity contribution in [3.05, 3.63) is 93.5 Å². The Bertz CT molecular complexity index is 1610. The van der Waals surface area contributed by atoms with Gasteiger partial charge in [-0.05, 0) is 55.5 Å². The van der Waals surface area contributed by atoms with Crippen LogP contribution < -0.4 is 10.3 Å². The Morgan fingerprint density at radius 3 is 2.41 bits per heavy atom. The SMILES string of the molecule is COC(=O)Cc1[nH]n(-c2ccccc2)c(=O)c1C(C)=Nc1ccc(S(=O)(=O)Nc2ccc(Cl)nn2)cc1. The smallest absolute Gasteiger partial charge is 0.311 e. The molecule has 4 rings (SSSR count). The van der Waals surface area contributed by atoms with Gasteiger partial charge in [-0.1, -0.05) is 29.8 Å². The number of para-hydroxylation sites is 1. The van der Waals surface area contributed by atoms with E-state index in [2.05, 4.69) is 25.0 Å². The van der Waals surface area contributed by atoms with Gasteiger partial charge in [0.05, 0.1) is 46.8 Å². The highest BCUT2D eigenvalue weighted by molar-refractivity contribution is 7.92. The molecular formula is C24H21ClN6O5S. The minimum Gasteiger partial charge on any atom is -0.469 e. The zero-order valence-corrected chi connectivity index (χ0v) is 21.2. The molecule has 0 bridgehead atoms. The van der Waals surface area contributed by atoms with E-state index in [-0.39, 0.29) is 33.4 Å². The maximum Gasteiger partial charge on any atom is 0.311 e. The third kappa shape index (κ3) is 5.93. The number of methoxy groups -OCH3 is 1. The summed E-state index contributed by atoms with van der Waals surface area (Å²) < 4.78 is 33.7. The molecular weight excluding hydrogens is 520 g/mol. The van der Waals surface area contributed by atoms with Gasteiger partial charge < -0.3 is 4.74 Å². The van der Waals surface area contributed by atoms with Gasteiger partial charge in [0, 0.05) is 0 Å². The number of carbonyl (C=O) groups is 1. The second-order valence-corrected chi connectivity index (χ2v) is 9.80. The molecule has 0 spiro atoms. The first-order valence-corrected chi connectivity index (χ1v) is 12.7. The lowest BCUT2D eigenvalue weighted by Crippen LogP contribution is -2.20. The van der Waals surface area contributed by atoms with Gasteiger partial charge in [0.2, 0.25) is 0 Å². The normalized spacial score (nSPS) is 11.8. The van der Waals surface area contributed by atoms with Crippen LogP contribution in [0.25, 0.3) is 5.69 Å². The molecule has 13 heteroatoms. The third-order valence-corrected chi connectivity index (χ3v) is 6.78. The molecule has 0 amide bonds. The van der Waals surface area contributed by atoms with Crippen molar-refractivity contribution in [2.75, 3.05) is 11.8 Å². The number of carbonyl (C=O) groups excluding carboxylic acids is 1. The van der Waals surface area contributed by atoms with E-state index in [9.17, 15) is 18.0 Å². The van der Waals surface area contributed by atoms with E-state index in [1.807, 2.05) is 6.07 Å². The number of hydrogen-bond acceptors (Lipinski definition) is 8. The molecule has 2 N–H and O–H groups in total. The molecule has 4 aromatic rings. The lowest BCUT2D eigenvalue weighted by Gasteiger charge is -2.07. The number of aromatic amines is 1. The van der Waals surface area contributed by atoms with Crippen LogP contribution in [-0.2, 0) is 26.0 Å². The Morgan fingerprint density at radius 2 is 1.78 bits per heavy atom. The number of aliphatic imine (C=N–C) groups is 1. The molecule has 0 aliphatic rings. The highest BCUT2D eigenvalue weighted by Crippen LogP contribution is 2.21. The minimum atomic E-state index is -3.93. The van der Waals surface area contributed by atoms with Crippen molar-refractivity contribution in [2.45, 2.75) is 18.2 Å². The quantitative estimate of drug-likeness (QED) is 0.257. The van der Waals surface area contributed by atoms with Crippen LogP contribution in [0.1, 0.15) is 18.2 Å². The van der Waals surface area contributed by atoms with Crippen LogP contribution >= 0.6 is 11.6 Å². The molecule has 11 nitrogen and oxygen atoms in total. The van der Waals surface area contributed by atoms with Gasteiger partial charge in [-0.25, -0.2) is 13.1 Å². The van der Waals surface area contributed by atoms with Gasteiger partial charge in [0.25, 0.3) is 15.6 Å². The number of ether oxygens (including phenoxy) is 1. The van der Waals surface area contributed by atoms with Crippen LogP contribution in [0.4, 0.5) is 11.5 Å². The zero-order valence-electron chi connectivity index (χ0n) is 19.7. The molecule has 37 heavy (non-hydrogen) atoms. The fraction of sp³-hybridized carbons (Fsp3) is 0.125. The summed E-state index contributed by atoms with van der Waals surface area (Å²) in [5.74, 6) is -0.509. The summed E-state index contributed by atoms with van der Waals surface area (Å²) in [6.45, 7) is 1.63. The Kier molecular flexibility index (Phi) is 7.50. The molecule has 2 heterocycles. The van der Waals surface area contributed by atoms with Gasteiger partial charge in [0.1, 0.15) is 0 Å². The van der Waals surface area contributed by atoms with Gasteiger partial charge in [-0.3, -0.25) is 24.4 Å². The van der Waals surface area contributed by atoms with Crippen molar-refractivity contribution < 1.29 is 17.9 Å². The van der Waals surface area contributed by atoms with E-state index in [0.717, 1.165) is 0 Å². The third-order valence-electron chi connectivity index (χ3n) is 5.21. The number of halogens is 1. The molecule has 0 atom stereocenters. The van der Waals surface area contributed by atoms with E-state index in [0.29, 0.717) is 22.8 Å². The topological polar surface area (TPSA) is 148 Å². The Morgan fingerprint density at radius 1 is 1.08 bits per heavy atom. The predicted molar refractivity (Wildman–Crippen MR) is 138 cm³/mol. The lowest BCUT2D eigenvalue weighted by molar-refractivity contribution is -0.139. The average Bonchev–Trinajstić information content (AvgIpc) is 3.21. The first-order chi connectivity index (χ1) is 17.7. The van der Waals surface area contributed by atoms with Crippen LogP contribution in [0.2, 0.25) is 5.15 Å². The van der Waals surface area contributed by atoms with E-state index < -0.39 is 16.0 Å². The van der Waals surface area contributed by atoms with E-state index in [4.69, 9.17) is 16.3 Å². The van der Waals surface area contributed by atoms with Gasteiger partial charge in [-0.15, -0.1) is 10.2 Å². The van der Waals surface area contributed by atoms with Crippen LogP contribution in [0, 0.1) is 0 Å². The fourth-order valence-electron chi connectivity index (χ4n) is 3.48. The lowest BCUT2D eigenvalue weighted by atomic mass is 10.1. The first kappa shape index (κ1) is 25.8. The number of anilines is 1. The Hall–Kier alpha value is -4.29. The number of aromatic nitrogens is 4. The van der Waals surface area contributed by atoms with Crippen molar-refractivity contribution in [2.24, 2.45) is 4.99 Å². The van der Waals surface area contributed by atoms with Crippen molar-refractivity contribution in [1.29, 1.82) is 0 Å². The summed E-state index contributed by atoms with van der Waals surface area (Å²) in [5.41, 5.74) is 1.49. The molecule has 0 aliphatic heterocycles. The molecule has 0 saturated heterocycles. The molecule has 2 aromatic heterocycles. The van der Waals surface area contributed by atoms with Crippen LogP contribution in [-0.4, -0.2) is 47.2 Å². The van der Waals surface area contributed by atoms with E-state index in [1.54, 1.807) is 31.2 Å². The number of hydrogen-bond donors (Lipinski definition) is 2. The summed E-state index contributed by atoms with van der Waals surface area (Å²) >= 11 is 5.68. The van der Waals surface area contributed by atoms with Gasteiger partial charge in [0.15, 0.2) is 11.0 Å². The zero-order chi connectivity index (χ0) is 26.6. The second kappa shape index (κ2) is 10.8. The molecule has 0 aliphatic carbocycles. The minimum absolute atomic E-state index is 0.0163. The van der Waals surface area contributed by atoms with E-state index >= 15 is 0 Å². The van der Waals surface area contributed by atoms with Crippen molar-refractivity contribution in [3.63, 3.8) is 0 Å². The number of esters is 1. The summed E-state index contributed by atoms with van der Waals surface area (Å²) in [5, 5.41) is 10.4. The fourth-order valence-corrected chi connectivity index (χ4v) is 4.57. The average molecular weight is 541 g/mol. The maximum atomic E-state index is 13.3. The van der Waals surface area contributed by atoms with Crippen molar-refractivity contribution >= 4 is 44.8 Å². The number of sulfonamides is 1. The van der Waals surface area contributed by atoms with Crippen molar-refractivity contribution in [1.82, 2.24) is 20.0 Å². The highest BCUT2D eigenvalue weighted by Gasteiger charge is 2.21. The molecule has 0 fully saturated rings. The monoisotopic (exact) mass is 540 g/mol. The van der Waals surface area contributed by atoms with Crippen molar-refractivity contribution in [3.8, 4) is 5.69 Å². The molecule has 0 radical (unpaired) electrons. The number of nitrogens with one attached hydrogen (secondary N) is 2. The summed E-state index contributed by atoms with van der Waals surface area (Å²) in [4.78, 5) is 29.7. The first-order valence-electron chi connectivity index (χ1n) is 10.8. The second-order valence-electron chi connectivity index (χ2n) is 7.73. The van der Waals surface area contributed by atoms with Crippen LogP contribution in [0.3, 0.4) is 0 Å². The van der Waals surface area contributed by atoms with Crippen LogP contribution in [0.15, 0.2) is 81.4 Å². The number of H-pyrrole nitrogens is 1. The molecule has 2 aromatic carbocycles. The van der Waals surface area contributed by atoms with Crippen LogP contribution in [0.5, 0.6) is 0 Å². The molecule has 0 unspecified atom stereocenters. The maximum absolute atomic E-state index is 13.3. The predicted octanol–water partition coefficient (Wildman–Crippen LogP) is 3.27. The van der Waals surface area contributed by atoms with Gasteiger partial charge >= 0.3 is 5.97 Å². The molecule has 190 valence electrons. The summed E-state index contributed by atoms with van der Waals surface area (Å²) in [6, 6.07) is 17.4. The standard InChI is InChI=1S/C24H21ClN6O5S/c1-15(23-19(14-22(32)36-2)29-31(24(23)33)17-6-4-3-5-7-17)26-16-8-10-18(11-9-16)37(34,35)30-21-13-12-20(25)27-28-21/h3-13,29H,14H2,1-2H3,(H,28,30). The number of benzene rings is 2. The Labute approximate surface area is 216 Å². The molecule has 0 saturated carbocycles. The summed E-state index contributed by atoms with van der Waals surface area (Å²) in [6.07, 6.45) is -0.162. The Balaban J connectivity index is 1.65.